The van der Waals surface area contributed by atoms with E-state index in [2.05, 4.69) is 20.5 Å². The highest BCUT2D eigenvalue weighted by molar-refractivity contribution is 5.63. The van der Waals surface area contributed by atoms with Gasteiger partial charge in [-0.05, 0) is 13.0 Å². The standard InChI is InChI=1S/C21H19N5/c1-15-21(17-10-6-3-7-11-17)24-20(14-22-15)23-13-18-12-19(26-25-18)16-8-4-2-5-9-16/h2-12,14H,13H2,1H3,(H,23,24)(H,25,26). The largest absolute Gasteiger partial charge is 0.363 e. The van der Waals surface area contributed by atoms with Crippen LogP contribution in [0.15, 0.2) is 72.9 Å². The van der Waals surface area contributed by atoms with E-state index in [1.165, 1.54) is 0 Å². The van der Waals surface area contributed by atoms with Crippen LogP contribution in [-0.2, 0) is 6.54 Å². The number of H-pyrrole nitrogens is 1. The van der Waals surface area contributed by atoms with Crippen LogP contribution in [0.1, 0.15) is 11.4 Å². The van der Waals surface area contributed by atoms with Crippen molar-refractivity contribution in [2.24, 2.45) is 0 Å². The quantitative estimate of drug-likeness (QED) is 0.563. The molecule has 0 spiro atoms. The van der Waals surface area contributed by atoms with Gasteiger partial charge in [-0.3, -0.25) is 10.1 Å². The molecular weight excluding hydrogens is 322 g/mol. The summed E-state index contributed by atoms with van der Waals surface area (Å²) in [5, 5.41) is 10.8. The van der Waals surface area contributed by atoms with Crippen LogP contribution in [0.4, 0.5) is 5.82 Å². The first kappa shape index (κ1) is 16.0. The van der Waals surface area contributed by atoms with Crippen LogP contribution in [-0.4, -0.2) is 20.2 Å². The summed E-state index contributed by atoms with van der Waals surface area (Å²) in [6.45, 7) is 2.58. The number of nitrogens with zero attached hydrogens (tertiary/aromatic N) is 3. The van der Waals surface area contributed by atoms with Crippen LogP contribution in [0.2, 0.25) is 0 Å². The van der Waals surface area contributed by atoms with E-state index in [1.807, 2.05) is 73.7 Å². The molecule has 4 rings (SSSR count). The van der Waals surface area contributed by atoms with Crippen molar-refractivity contribution in [3.63, 3.8) is 0 Å². The Morgan fingerprint density at radius 1 is 0.923 bits per heavy atom. The molecule has 0 aliphatic heterocycles. The van der Waals surface area contributed by atoms with E-state index in [1.54, 1.807) is 6.20 Å². The molecule has 0 saturated carbocycles. The lowest BCUT2D eigenvalue weighted by atomic mass is 10.1. The Balaban J connectivity index is 1.50. The summed E-state index contributed by atoms with van der Waals surface area (Å²) in [5.74, 6) is 0.741. The van der Waals surface area contributed by atoms with Crippen LogP contribution in [0, 0.1) is 6.92 Å². The maximum absolute atomic E-state index is 4.71. The molecular formula is C21H19N5. The van der Waals surface area contributed by atoms with Crippen LogP contribution in [0.3, 0.4) is 0 Å². The third-order valence-electron chi connectivity index (χ3n) is 4.16. The summed E-state index contributed by atoms with van der Waals surface area (Å²) >= 11 is 0. The lowest BCUT2D eigenvalue weighted by Gasteiger charge is -2.08. The number of hydrogen-bond donors (Lipinski definition) is 2. The van der Waals surface area contributed by atoms with E-state index in [0.717, 1.165) is 39.7 Å². The van der Waals surface area contributed by atoms with Gasteiger partial charge in [0.2, 0.25) is 0 Å². The second-order valence-corrected chi connectivity index (χ2v) is 6.05. The molecule has 2 N–H and O–H groups in total. The molecule has 5 heteroatoms. The van der Waals surface area contributed by atoms with Gasteiger partial charge >= 0.3 is 0 Å². The minimum absolute atomic E-state index is 0.603. The molecule has 4 aromatic rings. The Hall–Kier alpha value is -3.47. The van der Waals surface area contributed by atoms with E-state index in [0.29, 0.717) is 6.54 Å². The van der Waals surface area contributed by atoms with Gasteiger partial charge in [0.05, 0.1) is 35.5 Å². The Labute approximate surface area is 152 Å². The van der Waals surface area contributed by atoms with Gasteiger partial charge in [0.25, 0.3) is 0 Å². The lowest BCUT2D eigenvalue weighted by Crippen LogP contribution is -2.04. The van der Waals surface area contributed by atoms with E-state index in [4.69, 9.17) is 4.98 Å². The molecule has 128 valence electrons. The SMILES string of the molecule is Cc1ncc(NCc2cc(-c3ccccc3)n[nH]2)nc1-c1ccccc1. The summed E-state index contributed by atoms with van der Waals surface area (Å²) in [5.41, 5.74) is 5.89. The molecule has 0 radical (unpaired) electrons. The number of aromatic amines is 1. The van der Waals surface area contributed by atoms with Crippen molar-refractivity contribution in [2.45, 2.75) is 13.5 Å². The predicted molar refractivity (Wildman–Crippen MR) is 104 cm³/mol. The van der Waals surface area contributed by atoms with E-state index < -0.39 is 0 Å². The Morgan fingerprint density at radius 2 is 1.62 bits per heavy atom. The monoisotopic (exact) mass is 341 g/mol. The van der Waals surface area contributed by atoms with Gasteiger partial charge in [-0.25, -0.2) is 4.98 Å². The highest BCUT2D eigenvalue weighted by Crippen LogP contribution is 2.21. The molecule has 0 saturated heterocycles. The minimum Gasteiger partial charge on any atom is -0.363 e. The molecule has 0 fully saturated rings. The predicted octanol–water partition coefficient (Wildman–Crippen LogP) is 4.45. The van der Waals surface area contributed by atoms with Gasteiger partial charge in [-0.15, -0.1) is 0 Å². The highest BCUT2D eigenvalue weighted by Gasteiger charge is 2.07. The summed E-state index contributed by atoms with van der Waals surface area (Å²) < 4.78 is 0. The fourth-order valence-corrected chi connectivity index (χ4v) is 2.80. The summed E-state index contributed by atoms with van der Waals surface area (Å²) in [4.78, 5) is 9.18. The van der Waals surface area contributed by atoms with Crippen LogP contribution in [0.5, 0.6) is 0 Å². The fourth-order valence-electron chi connectivity index (χ4n) is 2.80. The van der Waals surface area contributed by atoms with Crippen molar-refractivity contribution < 1.29 is 0 Å². The maximum atomic E-state index is 4.71. The molecule has 2 heterocycles. The fraction of sp³-hybridized carbons (Fsp3) is 0.0952. The maximum Gasteiger partial charge on any atom is 0.145 e. The number of anilines is 1. The Bertz CT molecular complexity index is 993. The third-order valence-corrected chi connectivity index (χ3v) is 4.16. The zero-order valence-electron chi connectivity index (χ0n) is 14.5. The average Bonchev–Trinajstić information content (AvgIpc) is 3.18. The van der Waals surface area contributed by atoms with Gasteiger partial charge in [0.1, 0.15) is 5.82 Å². The van der Waals surface area contributed by atoms with Gasteiger partial charge in [-0.2, -0.15) is 5.10 Å². The van der Waals surface area contributed by atoms with E-state index in [-0.39, 0.29) is 0 Å². The van der Waals surface area contributed by atoms with Gasteiger partial charge in [-0.1, -0.05) is 60.7 Å². The smallest absolute Gasteiger partial charge is 0.145 e. The van der Waals surface area contributed by atoms with Crippen molar-refractivity contribution in [1.29, 1.82) is 0 Å². The molecule has 2 aromatic heterocycles. The van der Waals surface area contributed by atoms with Crippen molar-refractivity contribution in [1.82, 2.24) is 20.2 Å². The third kappa shape index (κ3) is 3.47. The summed E-state index contributed by atoms with van der Waals surface area (Å²) in [6.07, 6.45) is 1.76. The van der Waals surface area contributed by atoms with Crippen LogP contribution < -0.4 is 5.32 Å². The number of aromatic nitrogens is 4. The first-order chi connectivity index (χ1) is 12.8. The summed E-state index contributed by atoms with van der Waals surface area (Å²) in [7, 11) is 0. The van der Waals surface area contributed by atoms with Crippen molar-refractivity contribution in [3.8, 4) is 22.5 Å². The first-order valence-corrected chi connectivity index (χ1v) is 8.52. The van der Waals surface area contributed by atoms with Gasteiger partial charge < -0.3 is 5.32 Å². The second kappa shape index (κ2) is 7.19. The van der Waals surface area contributed by atoms with Crippen LogP contribution in [0.25, 0.3) is 22.5 Å². The molecule has 0 bridgehead atoms. The number of hydrogen-bond acceptors (Lipinski definition) is 4. The molecule has 26 heavy (non-hydrogen) atoms. The van der Waals surface area contributed by atoms with Gasteiger partial charge in [0.15, 0.2) is 0 Å². The first-order valence-electron chi connectivity index (χ1n) is 8.52. The summed E-state index contributed by atoms with van der Waals surface area (Å²) in [6, 6.07) is 22.2. The molecule has 0 unspecified atom stereocenters. The lowest BCUT2D eigenvalue weighted by molar-refractivity contribution is 0.970. The molecule has 0 aliphatic rings. The van der Waals surface area contributed by atoms with Crippen molar-refractivity contribution in [2.75, 3.05) is 5.32 Å². The molecule has 2 aromatic carbocycles. The Kier molecular flexibility index (Phi) is 4.43. The van der Waals surface area contributed by atoms with E-state index in [9.17, 15) is 0 Å². The molecule has 5 nitrogen and oxygen atoms in total. The highest BCUT2D eigenvalue weighted by atomic mass is 15.1. The normalized spacial score (nSPS) is 10.7. The van der Waals surface area contributed by atoms with Gasteiger partial charge in [0, 0.05) is 11.1 Å². The van der Waals surface area contributed by atoms with Crippen molar-refractivity contribution >= 4 is 5.82 Å². The van der Waals surface area contributed by atoms with Crippen molar-refractivity contribution in [3.05, 3.63) is 84.3 Å². The number of benzene rings is 2. The zero-order chi connectivity index (χ0) is 17.8. The van der Waals surface area contributed by atoms with E-state index >= 15 is 0 Å². The molecule has 0 amide bonds. The average molecular weight is 341 g/mol. The second-order valence-electron chi connectivity index (χ2n) is 6.05. The number of nitrogens with one attached hydrogen (secondary N) is 2. The molecule has 0 aliphatic carbocycles. The van der Waals surface area contributed by atoms with Crippen LogP contribution >= 0.6 is 0 Å². The minimum atomic E-state index is 0.603. The Morgan fingerprint density at radius 3 is 2.35 bits per heavy atom. The topological polar surface area (TPSA) is 66.5 Å². The molecule has 0 atom stereocenters. The zero-order valence-corrected chi connectivity index (χ0v) is 14.5. The number of aryl methyl sites for hydroxylation is 1. The number of rotatable bonds is 5.